The number of amides is 1. The van der Waals surface area contributed by atoms with Gasteiger partial charge < -0.3 is 19.5 Å². The molecule has 0 aromatic heterocycles. The summed E-state index contributed by atoms with van der Waals surface area (Å²) in [6.45, 7) is 2.23. The fourth-order valence-electron chi connectivity index (χ4n) is 2.18. The predicted octanol–water partition coefficient (Wildman–Crippen LogP) is 2.09. The molecule has 1 fully saturated rings. The van der Waals surface area contributed by atoms with E-state index in [4.69, 9.17) is 14.2 Å². The van der Waals surface area contributed by atoms with Crippen molar-refractivity contribution < 1.29 is 19.0 Å². The van der Waals surface area contributed by atoms with Gasteiger partial charge in [0.05, 0.1) is 6.61 Å². The second kappa shape index (κ2) is 6.13. The highest BCUT2D eigenvalue weighted by molar-refractivity contribution is 8.01. The van der Waals surface area contributed by atoms with Crippen molar-refractivity contribution in [3.8, 4) is 0 Å². The highest BCUT2D eigenvalue weighted by Crippen LogP contribution is 2.44. The molecule has 1 amide bonds. The van der Waals surface area contributed by atoms with E-state index in [1.54, 1.807) is 6.92 Å². The molecule has 0 spiro atoms. The van der Waals surface area contributed by atoms with Crippen molar-refractivity contribution in [3.05, 3.63) is 30.3 Å². The molecule has 1 saturated heterocycles. The lowest BCUT2D eigenvalue weighted by atomic mass is 10.1. The van der Waals surface area contributed by atoms with E-state index in [9.17, 15) is 4.79 Å². The Bertz CT molecular complexity index is 470. The summed E-state index contributed by atoms with van der Waals surface area (Å²) < 4.78 is 16.6. The maximum Gasteiger partial charge on any atom is 0.272 e. The molecule has 1 aliphatic heterocycles. The summed E-state index contributed by atoms with van der Waals surface area (Å²) in [5, 5.41) is 2.85. The minimum atomic E-state index is -1.24. The Morgan fingerprint density at radius 2 is 2.00 bits per heavy atom. The van der Waals surface area contributed by atoms with Crippen LogP contribution in [0.5, 0.6) is 0 Å². The first kappa shape index (κ1) is 15.3. The molecule has 1 heterocycles. The van der Waals surface area contributed by atoms with Crippen LogP contribution in [0.3, 0.4) is 0 Å². The first-order valence-corrected chi connectivity index (χ1v) is 7.31. The zero-order valence-corrected chi connectivity index (χ0v) is 12.7. The molecular weight excluding hydrogens is 278 g/mol. The third-order valence-electron chi connectivity index (χ3n) is 3.37. The van der Waals surface area contributed by atoms with Gasteiger partial charge in [-0.1, -0.05) is 18.2 Å². The quantitative estimate of drug-likeness (QED) is 0.922. The minimum Gasteiger partial charge on any atom is -0.354 e. The number of benzene rings is 1. The standard InChI is InChI=1S/C14H19NO4S/c1-13(17-2)14(18-3,20-10-9-19-13)12(16)15-11-7-5-4-6-8-11/h4-8H,9-10H2,1-3H3,(H,15,16). The van der Waals surface area contributed by atoms with Gasteiger partial charge in [-0.3, -0.25) is 4.79 Å². The fraction of sp³-hybridized carbons (Fsp3) is 0.500. The normalized spacial score (nSPS) is 29.9. The largest absolute Gasteiger partial charge is 0.354 e. The van der Waals surface area contributed by atoms with Crippen LogP contribution in [-0.2, 0) is 19.0 Å². The smallest absolute Gasteiger partial charge is 0.272 e. The van der Waals surface area contributed by atoms with Crippen LogP contribution in [0, 0.1) is 0 Å². The Balaban J connectivity index is 2.27. The molecule has 2 rings (SSSR count). The van der Waals surface area contributed by atoms with E-state index in [0.717, 1.165) is 0 Å². The van der Waals surface area contributed by atoms with Crippen molar-refractivity contribution in [1.82, 2.24) is 0 Å². The molecule has 5 nitrogen and oxygen atoms in total. The van der Waals surface area contributed by atoms with Crippen molar-refractivity contribution in [3.63, 3.8) is 0 Å². The Hall–Kier alpha value is -1.08. The van der Waals surface area contributed by atoms with Gasteiger partial charge in [-0.15, -0.1) is 11.8 Å². The number of carbonyl (C=O) groups is 1. The molecule has 110 valence electrons. The first-order valence-electron chi connectivity index (χ1n) is 6.33. The number of carbonyl (C=O) groups excluding carboxylic acids is 1. The van der Waals surface area contributed by atoms with Gasteiger partial charge in [0.2, 0.25) is 10.7 Å². The molecule has 0 bridgehead atoms. The Labute approximate surface area is 123 Å². The molecule has 0 saturated carbocycles. The Kier molecular flexibility index (Phi) is 4.70. The van der Waals surface area contributed by atoms with Crippen LogP contribution in [0.1, 0.15) is 6.92 Å². The lowest BCUT2D eigenvalue weighted by Gasteiger charge is -2.46. The molecule has 1 aliphatic rings. The highest BCUT2D eigenvalue weighted by Gasteiger charge is 2.59. The molecule has 1 aromatic carbocycles. The van der Waals surface area contributed by atoms with Gasteiger partial charge in [-0.2, -0.15) is 0 Å². The number of anilines is 1. The summed E-state index contributed by atoms with van der Waals surface area (Å²) >= 11 is 1.39. The average molecular weight is 297 g/mol. The van der Waals surface area contributed by atoms with E-state index in [2.05, 4.69) is 5.32 Å². The molecular formula is C14H19NO4S. The van der Waals surface area contributed by atoms with E-state index in [0.29, 0.717) is 18.0 Å². The van der Waals surface area contributed by atoms with Crippen LogP contribution in [0.15, 0.2) is 30.3 Å². The molecule has 2 unspecified atom stereocenters. The average Bonchev–Trinajstić information content (AvgIpc) is 2.49. The van der Waals surface area contributed by atoms with Crippen LogP contribution >= 0.6 is 11.8 Å². The number of hydrogen-bond donors (Lipinski definition) is 1. The summed E-state index contributed by atoms with van der Waals surface area (Å²) in [6.07, 6.45) is 0. The van der Waals surface area contributed by atoms with Gasteiger partial charge in [0.25, 0.3) is 5.91 Å². The lowest BCUT2D eigenvalue weighted by molar-refractivity contribution is -0.272. The number of para-hydroxylation sites is 1. The van der Waals surface area contributed by atoms with E-state index >= 15 is 0 Å². The van der Waals surface area contributed by atoms with Gasteiger partial charge >= 0.3 is 0 Å². The zero-order valence-electron chi connectivity index (χ0n) is 11.8. The molecule has 1 aromatic rings. The zero-order chi connectivity index (χ0) is 14.6. The molecule has 1 N–H and O–H groups in total. The summed E-state index contributed by atoms with van der Waals surface area (Å²) in [6, 6.07) is 9.24. The lowest BCUT2D eigenvalue weighted by Crippen LogP contribution is -2.63. The van der Waals surface area contributed by atoms with Crippen molar-refractivity contribution in [2.45, 2.75) is 17.6 Å². The summed E-state index contributed by atoms with van der Waals surface area (Å²) in [5.74, 6) is -0.765. The van der Waals surface area contributed by atoms with Crippen LogP contribution in [0.4, 0.5) is 5.69 Å². The molecule has 0 radical (unpaired) electrons. The molecule has 2 atom stereocenters. The van der Waals surface area contributed by atoms with Crippen molar-refractivity contribution in [2.24, 2.45) is 0 Å². The monoisotopic (exact) mass is 297 g/mol. The van der Waals surface area contributed by atoms with Crippen molar-refractivity contribution >= 4 is 23.4 Å². The van der Waals surface area contributed by atoms with Crippen molar-refractivity contribution in [1.29, 1.82) is 0 Å². The minimum absolute atomic E-state index is 0.291. The number of methoxy groups -OCH3 is 2. The fourth-order valence-corrected chi connectivity index (χ4v) is 3.34. The maximum absolute atomic E-state index is 12.7. The summed E-state index contributed by atoms with van der Waals surface area (Å²) in [5.41, 5.74) is 0.707. The van der Waals surface area contributed by atoms with E-state index in [1.807, 2.05) is 30.3 Å². The van der Waals surface area contributed by atoms with E-state index in [1.165, 1.54) is 26.0 Å². The highest BCUT2D eigenvalue weighted by atomic mass is 32.2. The van der Waals surface area contributed by atoms with Gasteiger partial charge in [0.15, 0.2) is 0 Å². The number of thioether (sulfide) groups is 1. The topological polar surface area (TPSA) is 56.8 Å². The molecule has 6 heteroatoms. The maximum atomic E-state index is 12.7. The SMILES string of the molecule is COC1(C)OCCSC1(OC)C(=O)Nc1ccccc1. The van der Waals surface area contributed by atoms with Gasteiger partial charge in [0.1, 0.15) is 0 Å². The van der Waals surface area contributed by atoms with Crippen LogP contribution in [0.2, 0.25) is 0 Å². The number of rotatable bonds is 4. The predicted molar refractivity (Wildman–Crippen MR) is 78.6 cm³/mol. The number of ether oxygens (including phenoxy) is 3. The van der Waals surface area contributed by atoms with Gasteiger partial charge in [0, 0.05) is 25.7 Å². The summed E-state index contributed by atoms with van der Waals surface area (Å²) in [7, 11) is 3.00. The molecule has 0 aliphatic carbocycles. The number of nitrogens with one attached hydrogen (secondary N) is 1. The van der Waals surface area contributed by atoms with Crippen LogP contribution in [0.25, 0.3) is 0 Å². The van der Waals surface area contributed by atoms with Crippen LogP contribution < -0.4 is 5.32 Å². The van der Waals surface area contributed by atoms with E-state index < -0.39 is 10.7 Å². The van der Waals surface area contributed by atoms with E-state index in [-0.39, 0.29) is 5.91 Å². The third kappa shape index (κ3) is 2.56. The Morgan fingerprint density at radius 3 is 2.60 bits per heavy atom. The Morgan fingerprint density at radius 1 is 1.30 bits per heavy atom. The molecule has 20 heavy (non-hydrogen) atoms. The van der Waals surface area contributed by atoms with Gasteiger partial charge in [-0.25, -0.2) is 0 Å². The van der Waals surface area contributed by atoms with Crippen molar-refractivity contribution in [2.75, 3.05) is 31.9 Å². The third-order valence-corrected chi connectivity index (χ3v) is 4.87. The second-order valence-electron chi connectivity index (χ2n) is 4.49. The second-order valence-corrected chi connectivity index (χ2v) is 5.76. The first-order chi connectivity index (χ1) is 9.58. The van der Waals surface area contributed by atoms with Crippen LogP contribution in [-0.4, -0.2) is 43.2 Å². The number of hydrogen-bond acceptors (Lipinski definition) is 5. The summed E-state index contributed by atoms with van der Waals surface area (Å²) in [4.78, 5) is 11.4. The van der Waals surface area contributed by atoms with Gasteiger partial charge in [-0.05, 0) is 19.1 Å².